The van der Waals surface area contributed by atoms with Crippen LogP contribution in [0.1, 0.15) is 72.6 Å². The predicted octanol–water partition coefficient (Wildman–Crippen LogP) is 4.63. The number of rotatable bonds is 2. The number of fused-ring (bicyclic) bond motifs is 5. The molecule has 0 aromatic carbocycles. The molecule has 154 valence electrons. The van der Waals surface area contributed by atoms with Crippen molar-refractivity contribution in [3.05, 3.63) is 11.6 Å². The summed E-state index contributed by atoms with van der Waals surface area (Å²) < 4.78 is 5.81. The van der Waals surface area contributed by atoms with E-state index in [9.17, 15) is 14.4 Å². The van der Waals surface area contributed by atoms with Crippen molar-refractivity contribution in [3.63, 3.8) is 0 Å². The lowest BCUT2D eigenvalue weighted by molar-refractivity contribution is -0.187. The van der Waals surface area contributed by atoms with E-state index in [0.717, 1.165) is 37.7 Å². The van der Waals surface area contributed by atoms with Gasteiger partial charge in [0.05, 0.1) is 5.38 Å². The molecule has 0 aromatic rings. The van der Waals surface area contributed by atoms with Crippen LogP contribution in [-0.4, -0.2) is 28.5 Å². The van der Waals surface area contributed by atoms with Crippen LogP contribution in [0.15, 0.2) is 11.6 Å². The predicted molar refractivity (Wildman–Crippen MR) is 107 cm³/mol. The fraction of sp³-hybridized carbons (Fsp3) is 0.783. The van der Waals surface area contributed by atoms with Gasteiger partial charge in [-0.1, -0.05) is 13.8 Å². The van der Waals surface area contributed by atoms with Gasteiger partial charge in [-0.15, -0.1) is 11.6 Å². The number of carbonyl (C=O) groups is 3. The van der Waals surface area contributed by atoms with Crippen molar-refractivity contribution in [1.82, 2.24) is 0 Å². The van der Waals surface area contributed by atoms with Crippen LogP contribution in [0.3, 0.4) is 0 Å². The second kappa shape index (κ2) is 6.42. The molecule has 0 heterocycles. The zero-order valence-electron chi connectivity index (χ0n) is 17.3. The molecule has 28 heavy (non-hydrogen) atoms. The quantitative estimate of drug-likeness (QED) is 0.495. The minimum atomic E-state index is -1.00. The highest BCUT2D eigenvalue weighted by molar-refractivity contribution is 6.23. The number of hydrogen-bond donors (Lipinski definition) is 0. The molecule has 0 radical (unpaired) electrons. The molecule has 0 spiro atoms. The summed E-state index contributed by atoms with van der Waals surface area (Å²) in [6.07, 6.45) is 7.48. The standard InChI is InChI=1S/C23H31ClO4/c1-13(25)23(28-14(2)26)10-7-18-16-12-20(24)19-11-15(27)5-8-21(19,3)17(16)6-9-22(18,23)4/h11,16-18,20H,5-10,12H2,1-4H3/t16-,17-,18-,20-,21+,22+,23+/m1/s1. The molecule has 4 nitrogen and oxygen atoms in total. The van der Waals surface area contributed by atoms with Gasteiger partial charge in [-0.3, -0.25) is 14.4 Å². The van der Waals surface area contributed by atoms with E-state index >= 15 is 0 Å². The van der Waals surface area contributed by atoms with Gasteiger partial charge in [0.1, 0.15) is 0 Å². The lowest BCUT2D eigenvalue weighted by Crippen LogP contribution is -2.59. The number of esters is 1. The Hall–Kier alpha value is -1.16. The fourth-order valence-corrected chi connectivity index (χ4v) is 8.14. The van der Waals surface area contributed by atoms with Crippen LogP contribution in [0.25, 0.3) is 0 Å². The largest absolute Gasteiger partial charge is 0.451 e. The Balaban J connectivity index is 1.73. The number of halogens is 1. The number of Topliss-reactive ketones (excluding diaryl/α,β-unsaturated/α-hetero) is 1. The van der Waals surface area contributed by atoms with Crippen molar-refractivity contribution >= 4 is 29.1 Å². The van der Waals surface area contributed by atoms with Crippen LogP contribution in [0, 0.1) is 28.6 Å². The van der Waals surface area contributed by atoms with Crippen molar-refractivity contribution in [1.29, 1.82) is 0 Å². The average Bonchev–Trinajstić information content (AvgIpc) is 2.90. The Morgan fingerprint density at radius 1 is 1.11 bits per heavy atom. The molecule has 0 saturated heterocycles. The molecule has 7 atom stereocenters. The first-order valence-electron chi connectivity index (χ1n) is 10.6. The summed E-state index contributed by atoms with van der Waals surface area (Å²) in [5.74, 6) is 0.976. The molecule has 0 aliphatic heterocycles. The first-order chi connectivity index (χ1) is 13.0. The normalized spacial score (nSPS) is 47.5. The van der Waals surface area contributed by atoms with Crippen molar-refractivity contribution in [2.75, 3.05) is 0 Å². The highest BCUT2D eigenvalue weighted by Gasteiger charge is 2.68. The van der Waals surface area contributed by atoms with Crippen LogP contribution in [0.5, 0.6) is 0 Å². The molecule has 0 bridgehead atoms. The summed E-state index contributed by atoms with van der Waals surface area (Å²) in [7, 11) is 0. The molecule has 4 aliphatic rings. The van der Waals surface area contributed by atoms with E-state index in [4.69, 9.17) is 16.3 Å². The number of ether oxygens (including phenoxy) is 1. The molecule has 3 fully saturated rings. The Kier molecular flexibility index (Phi) is 4.61. The average molecular weight is 407 g/mol. The molecule has 0 amide bonds. The van der Waals surface area contributed by atoms with Crippen LogP contribution in [0.2, 0.25) is 0 Å². The summed E-state index contributed by atoms with van der Waals surface area (Å²) in [5.41, 5.74) is -0.251. The van der Waals surface area contributed by atoms with E-state index in [2.05, 4.69) is 13.8 Å². The topological polar surface area (TPSA) is 60.4 Å². The minimum absolute atomic E-state index is 0.0283. The molecule has 0 aromatic heterocycles. The Morgan fingerprint density at radius 3 is 2.43 bits per heavy atom. The molecular formula is C23H31ClO4. The van der Waals surface area contributed by atoms with E-state index in [0.29, 0.717) is 30.6 Å². The summed E-state index contributed by atoms with van der Waals surface area (Å²) in [5, 5.41) is -0.126. The molecule has 4 aliphatic carbocycles. The smallest absolute Gasteiger partial charge is 0.303 e. The van der Waals surface area contributed by atoms with Crippen LogP contribution >= 0.6 is 11.6 Å². The van der Waals surface area contributed by atoms with Gasteiger partial charge in [-0.2, -0.15) is 0 Å². The second-order valence-corrected chi connectivity index (χ2v) is 10.6. The summed E-state index contributed by atoms with van der Waals surface area (Å²) >= 11 is 6.85. The lowest BCUT2D eigenvalue weighted by atomic mass is 9.46. The van der Waals surface area contributed by atoms with Crippen molar-refractivity contribution < 1.29 is 19.1 Å². The van der Waals surface area contributed by atoms with Crippen molar-refractivity contribution in [2.24, 2.45) is 28.6 Å². The van der Waals surface area contributed by atoms with Crippen LogP contribution in [0.4, 0.5) is 0 Å². The molecule has 4 rings (SSSR count). The maximum Gasteiger partial charge on any atom is 0.303 e. The maximum absolute atomic E-state index is 12.8. The van der Waals surface area contributed by atoms with E-state index in [1.54, 1.807) is 6.92 Å². The third-order valence-corrected chi connectivity index (χ3v) is 9.36. The Bertz CT molecular complexity index is 773. The first kappa shape index (κ1) is 20.1. The van der Waals surface area contributed by atoms with E-state index < -0.39 is 5.60 Å². The van der Waals surface area contributed by atoms with E-state index in [1.165, 1.54) is 6.92 Å². The minimum Gasteiger partial charge on any atom is -0.451 e. The summed E-state index contributed by atoms with van der Waals surface area (Å²) in [6.45, 7) is 7.42. The Labute approximate surface area is 172 Å². The number of allylic oxidation sites excluding steroid dienone is 1. The van der Waals surface area contributed by atoms with Gasteiger partial charge in [0.25, 0.3) is 0 Å². The summed E-state index contributed by atoms with van der Waals surface area (Å²) in [6, 6.07) is 0. The number of carbonyl (C=O) groups excluding carboxylic acids is 3. The van der Waals surface area contributed by atoms with Crippen LogP contribution < -0.4 is 0 Å². The highest BCUT2D eigenvalue weighted by atomic mass is 35.5. The monoisotopic (exact) mass is 406 g/mol. The molecular weight excluding hydrogens is 376 g/mol. The third kappa shape index (κ3) is 2.52. The maximum atomic E-state index is 12.8. The third-order valence-electron chi connectivity index (χ3n) is 8.94. The molecule has 0 unspecified atom stereocenters. The van der Waals surface area contributed by atoms with Gasteiger partial charge >= 0.3 is 5.97 Å². The van der Waals surface area contributed by atoms with Crippen molar-refractivity contribution in [2.45, 2.75) is 83.6 Å². The molecule has 3 saturated carbocycles. The highest BCUT2D eigenvalue weighted by Crippen LogP contribution is 2.68. The van der Waals surface area contributed by atoms with Crippen LogP contribution in [-0.2, 0) is 19.1 Å². The van der Waals surface area contributed by atoms with Gasteiger partial charge in [0.2, 0.25) is 0 Å². The number of alkyl halides is 1. The zero-order valence-corrected chi connectivity index (χ0v) is 18.1. The van der Waals surface area contributed by atoms with Gasteiger partial charge in [-0.05, 0) is 80.3 Å². The van der Waals surface area contributed by atoms with Gasteiger partial charge in [0, 0.05) is 18.8 Å². The molecule has 0 N–H and O–H groups in total. The Morgan fingerprint density at radius 2 is 1.79 bits per heavy atom. The van der Waals surface area contributed by atoms with Gasteiger partial charge < -0.3 is 4.74 Å². The zero-order chi connectivity index (χ0) is 20.5. The van der Waals surface area contributed by atoms with Crippen molar-refractivity contribution in [3.8, 4) is 0 Å². The number of ketones is 2. The lowest BCUT2D eigenvalue weighted by Gasteiger charge is -2.60. The van der Waals surface area contributed by atoms with Gasteiger partial charge in [-0.25, -0.2) is 0 Å². The molecule has 5 heteroatoms. The SMILES string of the molecule is CC(=O)O[C@]1(C(C)=O)CC[C@@H]2[C@@H]3C[C@@H](Cl)C4=CC(=O)CC[C@@]4(C)[C@@H]3CC[C@@]21C. The van der Waals surface area contributed by atoms with E-state index in [-0.39, 0.29) is 33.7 Å². The summed E-state index contributed by atoms with van der Waals surface area (Å²) in [4.78, 5) is 36.7. The van der Waals surface area contributed by atoms with Gasteiger partial charge in [0.15, 0.2) is 17.2 Å². The van der Waals surface area contributed by atoms with E-state index in [1.807, 2.05) is 6.08 Å². The number of hydrogen-bond acceptors (Lipinski definition) is 4. The first-order valence-corrected chi connectivity index (χ1v) is 11.1. The fourth-order valence-electron chi connectivity index (χ4n) is 7.62. The second-order valence-electron chi connectivity index (χ2n) is 10.0.